The van der Waals surface area contributed by atoms with E-state index in [1.165, 1.54) is 17.7 Å². The second kappa shape index (κ2) is 5.78. The second-order valence-corrected chi connectivity index (χ2v) is 5.39. The predicted octanol–water partition coefficient (Wildman–Crippen LogP) is 4.02. The van der Waals surface area contributed by atoms with Gasteiger partial charge in [-0.3, -0.25) is 4.79 Å². The van der Waals surface area contributed by atoms with Crippen molar-refractivity contribution >= 4 is 5.78 Å². The van der Waals surface area contributed by atoms with Crippen LogP contribution in [0.25, 0.3) is 0 Å². The van der Waals surface area contributed by atoms with Gasteiger partial charge in [-0.25, -0.2) is 4.39 Å². The Labute approximate surface area is 123 Å². The van der Waals surface area contributed by atoms with E-state index < -0.39 is 0 Å². The number of ether oxygens (including phenoxy) is 1. The van der Waals surface area contributed by atoms with Gasteiger partial charge in [-0.1, -0.05) is 24.3 Å². The first-order chi connectivity index (χ1) is 10.1. The Hall–Kier alpha value is -2.00. The van der Waals surface area contributed by atoms with Crippen LogP contribution in [0.3, 0.4) is 0 Å². The number of hydrogen-bond donors (Lipinski definition) is 0. The smallest absolute Gasteiger partial charge is 0.166 e. The first-order valence-corrected chi connectivity index (χ1v) is 7.14. The average molecular weight is 284 g/mol. The highest BCUT2D eigenvalue weighted by molar-refractivity contribution is 5.97. The first-order valence-electron chi connectivity index (χ1n) is 7.14. The van der Waals surface area contributed by atoms with E-state index in [4.69, 9.17) is 4.74 Å². The molecule has 0 fully saturated rings. The lowest BCUT2D eigenvalue weighted by Gasteiger charge is -2.25. The fourth-order valence-corrected chi connectivity index (χ4v) is 2.86. The summed E-state index contributed by atoms with van der Waals surface area (Å²) in [6, 6.07) is 12.4. The van der Waals surface area contributed by atoms with E-state index in [0.29, 0.717) is 24.2 Å². The SMILES string of the molecule is Cc1cc(F)ccc1C(=O)CC1OCCc2ccccc21. The molecular weight excluding hydrogens is 267 g/mol. The summed E-state index contributed by atoms with van der Waals surface area (Å²) >= 11 is 0. The van der Waals surface area contributed by atoms with Crippen LogP contribution in [-0.4, -0.2) is 12.4 Å². The van der Waals surface area contributed by atoms with Gasteiger partial charge < -0.3 is 4.74 Å². The molecule has 2 nitrogen and oxygen atoms in total. The van der Waals surface area contributed by atoms with Crippen LogP contribution in [0.2, 0.25) is 0 Å². The van der Waals surface area contributed by atoms with E-state index in [1.54, 1.807) is 13.0 Å². The van der Waals surface area contributed by atoms with Crippen LogP contribution in [0.1, 0.15) is 39.6 Å². The van der Waals surface area contributed by atoms with Crippen molar-refractivity contribution < 1.29 is 13.9 Å². The fraction of sp³-hybridized carbons (Fsp3) is 0.278. The number of ketones is 1. The van der Waals surface area contributed by atoms with Crippen LogP contribution >= 0.6 is 0 Å². The molecule has 0 spiro atoms. The van der Waals surface area contributed by atoms with E-state index in [-0.39, 0.29) is 17.7 Å². The quantitative estimate of drug-likeness (QED) is 0.796. The molecule has 0 saturated carbocycles. The molecule has 1 atom stereocenters. The Balaban J connectivity index is 1.83. The molecule has 2 aromatic rings. The van der Waals surface area contributed by atoms with Crippen LogP contribution in [0.5, 0.6) is 0 Å². The van der Waals surface area contributed by atoms with Gasteiger partial charge >= 0.3 is 0 Å². The van der Waals surface area contributed by atoms with Crippen molar-refractivity contribution in [2.24, 2.45) is 0 Å². The van der Waals surface area contributed by atoms with Gasteiger partial charge in [-0.15, -0.1) is 0 Å². The summed E-state index contributed by atoms with van der Waals surface area (Å²) in [5.41, 5.74) is 3.58. The monoisotopic (exact) mass is 284 g/mol. The molecule has 2 aromatic carbocycles. The Morgan fingerprint density at radius 3 is 2.90 bits per heavy atom. The van der Waals surface area contributed by atoms with E-state index in [9.17, 15) is 9.18 Å². The van der Waals surface area contributed by atoms with Gasteiger partial charge in [-0.2, -0.15) is 0 Å². The zero-order chi connectivity index (χ0) is 14.8. The molecular formula is C18H17FO2. The Bertz CT molecular complexity index is 679. The van der Waals surface area contributed by atoms with Gasteiger partial charge in [0.1, 0.15) is 5.82 Å². The van der Waals surface area contributed by atoms with Crippen molar-refractivity contribution in [1.29, 1.82) is 0 Å². The third-order valence-corrected chi connectivity index (χ3v) is 3.95. The summed E-state index contributed by atoms with van der Waals surface area (Å²) < 4.78 is 18.9. The number of halogens is 1. The summed E-state index contributed by atoms with van der Waals surface area (Å²) in [5, 5.41) is 0. The van der Waals surface area contributed by atoms with E-state index in [1.807, 2.05) is 18.2 Å². The Morgan fingerprint density at radius 2 is 2.10 bits per heavy atom. The predicted molar refractivity (Wildman–Crippen MR) is 78.9 cm³/mol. The lowest BCUT2D eigenvalue weighted by molar-refractivity contribution is 0.0352. The molecule has 0 amide bonds. The molecule has 0 aromatic heterocycles. The van der Waals surface area contributed by atoms with Crippen molar-refractivity contribution in [3.8, 4) is 0 Å². The molecule has 108 valence electrons. The molecule has 21 heavy (non-hydrogen) atoms. The molecule has 1 aliphatic heterocycles. The number of aryl methyl sites for hydroxylation is 1. The number of rotatable bonds is 3. The molecule has 1 heterocycles. The molecule has 0 radical (unpaired) electrons. The van der Waals surface area contributed by atoms with Crippen LogP contribution < -0.4 is 0 Å². The standard InChI is InChI=1S/C18H17FO2/c1-12-10-14(19)6-7-15(12)17(20)11-18-16-5-3-2-4-13(16)8-9-21-18/h2-7,10,18H,8-9,11H2,1H3. The van der Waals surface area contributed by atoms with E-state index in [0.717, 1.165) is 12.0 Å². The molecule has 3 heteroatoms. The lowest BCUT2D eigenvalue weighted by Crippen LogP contribution is -2.19. The molecule has 0 aliphatic carbocycles. The van der Waals surface area contributed by atoms with Crippen LogP contribution in [0.4, 0.5) is 4.39 Å². The Kier molecular flexibility index (Phi) is 3.84. The summed E-state index contributed by atoms with van der Waals surface area (Å²) in [6.45, 7) is 2.39. The van der Waals surface area contributed by atoms with Crippen molar-refractivity contribution in [3.63, 3.8) is 0 Å². The molecule has 1 unspecified atom stereocenters. The number of benzene rings is 2. The van der Waals surface area contributed by atoms with Crippen molar-refractivity contribution in [3.05, 3.63) is 70.5 Å². The largest absolute Gasteiger partial charge is 0.373 e. The Morgan fingerprint density at radius 1 is 1.29 bits per heavy atom. The highest BCUT2D eigenvalue weighted by Gasteiger charge is 2.24. The summed E-state index contributed by atoms with van der Waals surface area (Å²) in [4.78, 5) is 12.5. The minimum atomic E-state index is -0.316. The molecule has 0 N–H and O–H groups in total. The third kappa shape index (κ3) is 2.88. The molecule has 0 bridgehead atoms. The van der Waals surface area contributed by atoms with Crippen LogP contribution in [-0.2, 0) is 11.2 Å². The van der Waals surface area contributed by atoms with E-state index >= 15 is 0 Å². The first kappa shape index (κ1) is 14.0. The maximum absolute atomic E-state index is 13.1. The van der Waals surface area contributed by atoms with Gasteiger partial charge in [-0.05, 0) is 48.2 Å². The third-order valence-electron chi connectivity index (χ3n) is 3.95. The number of hydrogen-bond acceptors (Lipinski definition) is 2. The highest BCUT2D eigenvalue weighted by atomic mass is 19.1. The zero-order valence-corrected chi connectivity index (χ0v) is 11.9. The normalized spacial score (nSPS) is 17.3. The molecule has 0 saturated heterocycles. The average Bonchev–Trinajstić information content (AvgIpc) is 2.47. The van der Waals surface area contributed by atoms with Crippen molar-refractivity contribution in [1.82, 2.24) is 0 Å². The number of carbonyl (C=O) groups is 1. The second-order valence-electron chi connectivity index (χ2n) is 5.39. The fourth-order valence-electron chi connectivity index (χ4n) is 2.86. The van der Waals surface area contributed by atoms with Crippen LogP contribution in [0, 0.1) is 12.7 Å². The van der Waals surface area contributed by atoms with Crippen molar-refractivity contribution in [2.45, 2.75) is 25.9 Å². The van der Waals surface area contributed by atoms with E-state index in [2.05, 4.69) is 6.07 Å². The van der Waals surface area contributed by atoms with Gasteiger partial charge in [0.05, 0.1) is 12.7 Å². The number of Topliss-reactive ketones (excluding diaryl/α,β-unsaturated/α-hetero) is 1. The topological polar surface area (TPSA) is 26.3 Å². The van der Waals surface area contributed by atoms with Gasteiger partial charge in [0.2, 0.25) is 0 Å². The molecule has 1 aliphatic rings. The maximum atomic E-state index is 13.1. The van der Waals surface area contributed by atoms with Crippen LogP contribution in [0.15, 0.2) is 42.5 Å². The zero-order valence-electron chi connectivity index (χ0n) is 11.9. The summed E-state index contributed by atoms with van der Waals surface area (Å²) in [5.74, 6) is -0.322. The van der Waals surface area contributed by atoms with Crippen molar-refractivity contribution in [2.75, 3.05) is 6.61 Å². The number of carbonyl (C=O) groups excluding carboxylic acids is 1. The van der Waals surface area contributed by atoms with Gasteiger partial charge in [0.25, 0.3) is 0 Å². The lowest BCUT2D eigenvalue weighted by atomic mass is 9.92. The summed E-state index contributed by atoms with van der Waals surface area (Å²) in [6.07, 6.45) is 0.979. The molecule has 3 rings (SSSR count). The van der Waals surface area contributed by atoms with Gasteiger partial charge in [0.15, 0.2) is 5.78 Å². The maximum Gasteiger partial charge on any atom is 0.166 e. The van der Waals surface area contributed by atoms with Gasteiger partial charge in [0, 0.05) is 12.0 Å². The highest BCUT2D eigenvalue weighted by Crippen LogP contribution is 2.30. The summed E-state index contributed by atoms with van der Waals surface area (Å²) in [7, 11) is 0. The minimum Gasteiger partial charge on any atom is -0.373 e. The number of fused-ring (bicyclic) bond motifs is 1. The minimum absolute atomic E-state index is 0.00537.